The molecule has 1 atom stereocenters. The number of aromatic amines is 1. The fourth-order valence-corrected chi connectivity index (χ4v) is 4.59. The van der Waals surface area contributed by atoms with Crippen LogP contribution in [0.25, 0.3) is 0 Å². The molecule has 2 fully saturated rings. The van der Waals surface area contributed by atoms with Gasteiger partial charge in [0.25, 0.3) is 11.8 Å². The van der Waals surface area contributed by atoms with Gasteiger partial charge in [0.15, 0.2) is 0 Å². The van der Waals surface area contributed by atoms with E-state index in [1.165, 1.54) is 19.3 Å². The average Bonchev–Trinajstić information content (AvgIpc) is 3.28. The summed E-state index contributed by atoms with van der Waals surface area (Å²) in [6.07, 6.45) is 7.16. The number of carbonyl (C=O) groups is 2. The van der Waals surface area contributed by atoms with E-state index in [0.717, 1.165) is 49.4 Å². The van der Waals surface area contributed by atoms with E-state index in [4.69, 9.17) is 0 Å². The number of rotatable bonds is 4. The zero-order valence-corrected chi connectivity index (χ0v) is 17.9. The van der Waals surface area contributed by atoms with Crippen LogP contribution in [-0.2, 0) is 0 Å². The number of carbonyl (C=O) groups excluding carboxylic acids is 2. The largest absolute Gasteiger partial charge is 0.372 e. The van der Waals surface area contributed by atoms with Crippen molar-refractivity contribution in [1.82, 2.24) is 20.0 Å². The Morgan fingerprint density at radius 1 is 1.10 bits per heavy atom. The van der Waals surface area contributed by atoms with Gasteiger partial charge >= 0.3 is 0 Å². The van der Waals surface area contributed by atoms with Crippen molar-refractivity contribution in [3.63, 3.8) is 0 Å². The molecule has 0 saturated carbocycles. The second-order valence-electron chi connectivity index (χ2n) is 8.59. The molecule has 0 spiro atoms. The molecular formula is C23H31N5O2. The molecule has 2 saturated heterocycles. The third-order valence-electron chi connectivity index (χ3n) is 6.24. The maximum Gasteiger partial charge on any atom is 0.256 e. The number of piperidine rings is 2. The van der Waals surface area contributed by atoms with Gasteiger partial charge < -0.3 is 14.7 Å². The van der Waals surface area contributed by atoms with Crippen molar-refractivity contribution in [2.75, 3.05) is 45.2 Å². The first-order valence-corrected chi connectivity index (χ1v) is 10.9. The summed E-state index contributed by atoms with van der Waals surface area (Å²) in [5.41, 5.74) is 3.33. The molecule has 7 heteroatoms. The third kappa shape index (κ3) is 4.20. The number of nitrogens with zero attached hydrogens (tertiary/aromatic N) is 4. The first-order chi connectivity index (χ1) is 14.5. The number of hydrogen-bond acceptors (Lipinski definition) is 4. The molecule has 4 rings (SSSR count). The maximum atomic E-state index is 13.3. The average molecular weight is 410 g/mol. The SMILES string of the molecule is CN(C)C(=O)c1cn[nH]c1[C@H]1CCCN(C(=O)c2cccc(N3CCCCC3)c2)C1. The minimum Gasteiger partial charge on any atom is -0.372 e. The number of hydrogen-bond donors (Lipinski definition) is 1. The second-order valence-corrected chi connectivity index (χ2v) is 8.59. The van der Waals surface area contributed by atoms with Crippen LogP contribution in [0, 0.1) is 0 Å². The van der Waals surface area contributed by atoms with Crippen LogP contribution >= 0.6 is 0 Å². The van der Waals surface area contributed by atoms with Gasteiger partial charge in [-0.05, 0) is 50.3 Å². The van der Waals surface area contributed by atoms with E-state index in [1.807, 2.05) is 23.1 Å². The van der Waals surface area contributed by atoms with Gasteiger partial charge in [0.05, 0.1) is 17.5 Å². The predicted molar refractivity (Wildman–Crippen MR) is 117 cm³/mol. The highest BCUT2D eigenvalue weighted by Gasteiger charge is 2.30. The van der Waals surface area contributed by atoms with E-state index in [0.29, 0.717) is 12.1 Å². The van der Waals surface area contributed by atoms with Crippen LogP contribution in [0.5, 0.6) is 0 Å². The Morgan fingerprint density at radius 3 is 2.67 bits per heavy atom. The van der Waals surface area contributed by atoms with Crippen LogP contribution in [0.4, 0.5) is 5.69 Å². The van der Waals surface area contributed by atoms with E-state index in [-0.39, 0.29) is 17.7 Å². The molecule has 1 N–H and O–H groups in total. The molecule has 2 aliphatic rings. The Kier molecular flexibility index (Phi) is 6.06. The molecule has 0 bridgehead atoms. The van der Waals surface area contributed by atoms with Gasteiger partial charge in [-0.15, -0.1) is 0 Å². The molecule has 0 aliphatic carbocycles. The van der Waals surface area contributed by atoms with Crippen molar-refractivity contribution in [3.05, 3.63) is 47.3 Å². The molecule has 30 heavy (non-hydrogen) atoms. The fraction of sp³-hybridized carbons (Fsp3) is 0.522. The van der Waals surface area contributed by atoms with Gasteiger partial charge in [-0.1, -0.05) is 6.07 Å². The van der Waals surface area contributed by atoms with Gasteiger partial charge in [-0.3, -0.25) is 14.7 Å². The van der Waals surface area contributed by atoms with E-state index in [9.17, 15) is 9.59 Å². The maximum absolute atomic E-state index is 13.3. The molecule has 1 aromatic heterocycles. The first kappa shape index (κ1) is 20.4. The minimum absolute atomic E-state index is 0.0589. The van der Waals surface area contributed by atoms with Crippen LogP contribution in [0.2, 0.25) is 0 Å². The van der Waals surface area contributed by atoms with E-state index < -0.39 is 0 Å². The lowest BCUT2D eigenvalue weighted by molar-refractivity contribution is 0.0705. The Hall–Kier alpha value is -2.83. The lowest BCUT2D eigenvalue weighted by atomic mass is 9.92. The van der Waals surface area contributed by atoms with Crippen molar-refractivity contribution >= 4 is 17.5 Å². The Morgan fingerprint density at radius 2 is 1.90 bits per heavy atom. The molecule has 2 amide bonds. The lowest BCUT2D eigenvalue weighted by Gasteiger charge is -2.33. The van der Waals surface area contributed by atoms with Crippen molar-refractivity contribution in [2.24, 2.45) is 0 Å². The van der Waals surface area contributed by atoms with Crippen LogP contribution in [0.1, 0.15) is 64.4 Å². The van der Waals surface area contributed by atoms with Crippen molar-refractivity contribution in [1.29, 1.82) is 0 Å². The fourth-order valence-electron chi connectivity index (χ4n) is 4.59. The normalized spacial score (nSPS) is 19.6. The molecule has 2 aliphatic heterocycles. The standard InChI is InChI=1S/C23H31N5O2/c1-26(2)23(30)20-15-24-25-21(20)18-9-7-13-28(16-18)22(29)17-8-6-10-19(14-17)27-11-4-3-5-12-27/h6,8,10,14-15,18H,3-5,7,9,11-13,16H2,1-2H3,(H,24,25)/t18-/m0/s1. The quantitative estimate of drug-likeness (QED) is 0.842. The molecule has 3 heterocycles. The lowest BCUT2D eigenvalue weighted by Crippen LogP contribution is -2.39. The molecule has 160 valence electrons. The molecular weight excluding hydrogens is 378 g/mol. The van der Waals surface area contributed by atoms with Gasteiger partial charge in [0.1, 0.15) is 0 Å². The zero-order chi connectivity index (χ0) is 21.1. The highest BCUT2D eigenvalue weighted by atomic mass is 16.2. The van der Waals surface area contributed by atoms with Crippen LogP contribution < -0.4 is 4.90 Å². The summed E-state index contributed by atoms with van der Waals surface area (Å²) >= 11 is 0. The van der Waals surface area contributed by atoms with Crippen LogP contribution in [0.3, 0.4) is 0 Å². The summed E-state index contributed by atoms with van der Waals surface area (Å²) in [7, 11) is 3.48. The summed E-state index contributed by atoms with van der Waals surface area (Å²) in [4.78, 5) is 31.6. The molecule has 1 aromatic carbocycles. The number of benzene rings is 1. The number of H-pyrrole nitrogens is 1. The Balaban J connectivity index is 1.49. The van der Waals surface area contributed by atoms with Gasteiger partial charge in [0, 0.05) is 57.4 Å². The molecule has 2 aromatic rings. The number of amides is 2. The summed E-state index contributed by atoms with van der Waals surface area (Å²) in [6, 6.07) is 8.04. The van der Waals surface area contributed by atoms with Crippen LogP contribution in [-0.4, -0.2) is 72.1 Å². The van der Waals surface area contributed by atoms with Gasteiger partial charge in [-0.2, -0.15) is 5.10 Å². The summed E-state index contributed by atoms with van der Waals surface area (Å²) in [6.45, 7) is 3.47. The number of aromatic nitrogens is 2. The Bertz CT molecular complexity index is 901. The molecule has 0 unspecified atom stereocenters. The van der Waals surface area contributed by atoms with Crippen molar-refractivity contribution in [3.8, 4) is 0 Å². The second kappa shape index (κ2) is 8.90. The smallest absolute Gasteiger partial charge is 0.256 e. The monoisotopic (exact) mass is 409 g/mol. The summed E-state index contributed by atoms with van der Waals surface area (Å²) in [5, 5.41) is 7.13. The molecule has 0 radical (unpaired) electrons. The van der Waals surface area contributed by atoms with E-state index in [1.54, 1.807) is 25.2 Å². The zero-order valence-electron chi connectivity index (χ0n) is 17.9. The third-order valence-corrected chi connectivity index (χ3v) is 6.24. The highest BCUT2D eigenvalue weighted by Crippen LogP contribution is 2.30. The highest BCUT2D eigenvalue weighted by molar-refractivity contribution is 5.96. The van der Waals surface area contributed by atoms with Gasteiger partial charge in [0.2, 0.25) is 0 Å². The van der Waals surface area contributed by atoms with Crippen molar-refractivity contribution < 1.29 is 9.59 Å². The summed E-state index contributed by atoms with van der Waals surface area (Å²) < 4.78 is 0. The Labute approximate surface area is 178 Å². The van der Waals surface area contributed by atoms with Crippen molar-refractivity contribution in [2.45, 2.75) is 38.0 Å². The summed E-state index contributed by atoms with van der Waals surface area (Å²) in [5.74, 6) is 0.101. The predicted octanol–water partition coefficient (Wildman–Crippen LogP) is 3.12. The number of likely N-dealkylation sites (tertiary alicyclic amines) is 1. The first-order valence-electron chi connectivity index (χ1n) is 10.9. The number of anilines is 1. The van der Waals surface area contributed by atoms with E-state index in [2.05, 4.69) is 21.2 Å². The topological polar surface area (TPSA) is 72.5 Å². The minimum atomic E-state index is -0.0589. The van der Waals surface area contributed by atoms with E-state index >= 15 is 0 Å². The molecule has 7 nitrogen and oxygen atoms in total. The number of nitrogens with one attached hydrogen (secondary N) is 1. The van der Waals surface area contributed by atoms with Gasteiger partial charge in [-0.25, -0.2) is 0 Å². The van der Waals surface area contributed by atoms with Crippen LogP contribution in [0.15, 0.2) is 30.5 Å².